The number of benzene rings is 3. The minimum absolute atomic E-state index is 0.0450. The number of carbonyl (C=O) groups excluding carboxylic acids is 5. The van der Waals surface area contributed by atoms with Crippen molar-refractivity contribution in [3.8, 4) is 0 Å². The van der Waals surface area contributed by atoms with E-state index < -0.39 is 29.8 Å². The third-order valence-electron chi connectivity index (χ3n) is 5.89. The highest BCUT2D eigenvalue weighted by Gasteiger charge is 2.36. The molecule has 182 valence electrons. The number of rotatable bonds is 8. The Labute approximate surface area is 207 Å². The summed E-state index contributed by atoms with van der Waals surface area (Å²) in [7, 11) is 0. The molecule has 3 amide bonds. The maximum Gasteiger partial charge on any atom is 0.338 e. The predicted octanol–water partition coefficient (Wildman–Crippen LogP) is 3.91. The summed E-state index contributed by atoms with van der Waals surface area (Å²) < 4.78 is 5.28. The van der Waals surface area contributed by atoms with E-state index in [-0.39, 0.29) is 29.0 Å². The first-order valence-corrected chi connectivity index (χ1v) is 11.4. The molecule has 3 aromatic carbocycles. The Balaban J connectivity index is 1.42. The zero-order valence-corrected chi connectivity index (χ0v) is 19.8. The average Bonchev–Trinajstić information content (AvgIpc) is 3.12. The molecule has 3 aromatic rings. The molecule has 1 heterocycles. The van der Waals surface area contributed by atoms with E-state index in [1.54, 1.807) is 24.3 Å². The van der Waals surface area contributed by atoms with Gasteiger partial charge in [-0.05, 0) is 56.2 Å². The van der Waals surface area contributed by atoms with E-state index >= 15 is 0 Å². The Morgan fingerprint density at radius 3 is 2.28 bits per heavy atom. The molecule has 0 aromatic heterocycles. The number of imide groups is 1. The van der Waals surface area contributed by atoms with Gasteiger partial charge in [-0.25, -0.2) is 4.79 Å². The van der Waals surface area contributed by atoms with Crippen LogP contribution in [0.3, 0.4) is 0 Å². The van der Waals surface area contributed by atoms with Crippen molar-refractivity contribution in [2.45, 2.75) is 26.4 Å². The summed E-state index contributed by atoms with van der Waals surface area (Å²) in [5, 5.41) is 2.59. The summed E-state index contributed by atoms with van der Waals surface area (Å²) in [6.45, 7) is 3.00. The molecule has 0 fully saturated rings. The number of carbonyl (C=O) groups is 5. The van der Waals surface area contributed by atoms with Crippen molar-refractivity contribution >= 4 is 35.2 Å². The lowest BCUT2D eigenvalue weighted by Crippen LogP contribution is -2.31. The van der Waals surface area contributed by atoms with Crippen molar-refractivity contribution < 1.29 is 28.7 Å². The summed E-state index contributed by atoms with van der Waals surface area (Å²) in [4.78, 5) is 63.8. The van der Waals surface area contributed by atoms with Crippen molar-refractivity contribution in [3.05, 3.63) is 101 Å². The number of nitrogens with one attached hydrogen (secondary N) is 1. The predicted molar refractivity (Wildman–Crippen MR) is 132 cm³/mol. The van der Waals surface area contributed by atoms with Gasteiger partial charge >= 0.3 is 5.97 Å². The van der Waals surface area contributed by atoms with Crippen molar-refractivity contribution in [3.63, 3.8) is 0 Å². The van der Waals surface area contributed by atoms with Crippen LogP contribution in [0.25, 0.3) is 0 Å². The van der Waals surface area contributed by atoms with Crippen LogP contribution in [0, 0.1) is 0 Å². The first-order valence-electron chi connectivity index (χ1n) is 11.4. The largest absolute Gasteiger partial charge is 0.449 e. The average molecular weight is 485 g/mol. The molecule has 0 aliphatic carbocycles. The zero-order valence-electron chi connectivity index (χ0n) is 19.8. The molecule has 0 saturated heterocycles. The van der Waals surface area contributed by atoms with Crippen LogP contribution in [0.5, 0.6) is 0 Å². The van der Waals surface area contributed by atoms with E-state index in [1.165, 1.54) is 32.0 Å². The van der Waals surface area contributed by atoms with Crippen LogP contribution in [0.1, 0.15) is 60.8 Å². The van der Waals surface area contributed by atoms with Crippen LogP contribution in [0.15, 0.2) is 72.8 Å². The van der Waals surface area contributed by atoms with Crippen LogP contribution < -0.4 is 5.32 Å². The summed E-state index contributed by atoms with van der Waals surface area (Å²) in [5.41, 5.74) is 2.03. The van der Waals surface area contributed by atoms with E-state index in [9.17, 15) is 24.0 Å². The van der Waals surface area contributed by atoms with Crippen LogP contribution >= 0.6 is 0 Å². The lowest BCUT2D eigenvalue weighted by atomic mass is 10.1. The molecule has 1 atom stereocenters. The summed E-state index contributed by atoms with van der Waals surface area (Å²) >= 11 is 0. The molecule has 0 radical (unpaired) electrons. The van der Waals surface area contributed by atoms with Crippen LogP contribution in [-0.4, -0.2) is 47.0 Å². The number of amides is 3. The molecule has 8 nitrogen and oxygen atoms in total. The highest BCUT2D eigenvalue weighted by molar-refractivity contribution is 6.22. The number of esters is 1. The Kier molecular flexibility index (Phi) is 7.05. The number of anilines is 1. The van der Waals surface area contributed by atoms with E-state index in [2.05, 4.69) is 5.32 Å². The van der Waals surface area contributed by atoms with Gasteiger partial charge in [-0.2, -0.15) is 0 Å². The SMILES string of the molecule is CC(=O)c1ccccc1NC(=O)C(C)OC(=O)c1ccc2c(c1)C(=O)N(CCc1ccccc1)C2=O. The fraction of sp³-hybridized carbons (Fsp3) is 0.179. The number of Topliss-reactive ketones (excluding diaryl/α,β-unsaturated/α-hetero) is 1. The highest BCUT2D eigenvalue weighted by Crippen LogP contribution is 2.25. The van der Waals surface area contributed by atoms with Crippen LogP contribution in [0.4, 0.5) is 5.69 Å². The van der Waals surface area contributed by atoms with Crippen molar-refractivity contribution in [1.29, 1.82) is 0 Å². The monoisotopic (exact) mass is 484 g/mol. The molecule has 0 bridgehead atoms. The second kappa shape index (κ2) is 10.4. The molecule has 0 spiro atoms. The maximum atomic E-state index is 12.9. The molecule has 8 heteroatoms. The first-order chi connectivity index (χ1) is 17.3. The number of para-hydroxylation sites is 1. The molecular formula is C28H24N2O6. The standard InChI is InChI=1S/C28H24N2O6/c1-17(31)21-10-6-7-11-24(21)29-25(32)18(2)36-28(35)20-12-13-22-23(16-20)27(34)30(26(22)33)15-14-19-8-4-3-5-9-19/h3-13,16,18H,14-15H2,1-2H3,(H,29,32). The Morgan fingerprint density at radius 2 is 1.56 bits per heavy atom. The normalized spacial score (nSPS) is 13.2. The van der Waals surface area contributed by atoms with Gasteiger partial charge in [-0.3, -0.25) is 24.1 Å². The molecule has 1 aliphatic rings. The topological polar surface area (TPSA) is 110 Å². The van der Waals surface area contributed by atoms with Gasteiger partial charge in [-0.15, -0.1) is 0 Å². The molecular weight excluding hydrogens is 460 g/mol. The summed E-state index contributed by atoms with van der Waals surface area (Å²) in [5.74, 6) is -2.54. The number of ketones is 1. The Bertz CT molecular complexity index is 1370. The van der Waals surface area contributed by atoms with Gasteiger partial charge in [0.15, 0.2) is 11.9 Å². The third kappa shape index (κ3) is 5.07. The minimum atomic E-state index is -1.18. The lowest BCUT2D eigenvalue weighted by Gasteiger charge is -2.15. The van der Waals surface area contributed by atoms with Crippen LogP contribution in [0.2, 0.25) is 0 Å². The number of hydrogen-bond acceptors (Lipinski definition) is 6. The second-order valence-electron chi connectivity index (χ2n) is 8.40. The van der Waals surface area contributed by atoms with E-state index in [0.717, 1.165) is 10.5 Å². The third-order valence-corrected chi connectivity index (χ3v) is 5.89. The number of hydrogen-bond donors (Lipinski definition) is 1. The van der Waals surface area contributed by atoms with Gasteiger partial charge < -0.3 is 10.1 Å². The highest BCUT2D eigenvalue weighted by atomic mass is 16.5. The molecule has 1 aliphatic heterocycles. The van der Waals surface area contributed by atoms with Crippen molar-refractivity contribution in [2.24, 2.45) is 0 Å². The van der Waals surface area contributed by atoms with E-state index in [1.807, 2.05) is 30.3 Å². The lowest BCUT2D eigenvalue weighted by molar-refractivity contribution is -0.123. The van der Waals surface area contributed by atoms with E-state index in [4.69, 9.17) is 4.74 Å². The van der Waals surface area contributed by atoms with Gasteiger partial charge in [0.25, 0.3) is 17.7 Å². The van der Waals surface area contributed by atoms with Crippen molar-refractivity contribution in [1.82, 2.24) is 4.90 Å². The smallest absolute Gasteiger partial charge is 0.338 e. The quantitative estimate of drug-likeness (QED) is 0.295. The maximum absolute atomic E-state index is 12.9. The molecule has 1 unspecified atom stereocenters. The fourth-order valence-corrected chi connectivity index (χ4v) is 3.92. The van der Waals surface area contributed by atoms with Gasteiger partial charge in [-0.1, -0.05) is 42.5 Å². The Hall–Kier alpha value is -4.59. The molecule has 4 rings (SSSR count). The van der Waals surface area contributed by atoms with Gasteiger partial charge in [0.05, 0.1) is 22.4 Å². The fourth-order valence-electron chi connectivity index (χ4n) is 3.92. The number of ether oxygens (including phenoxy) is 1. The van der Waals surface area contributed by atoms with Gasteiger partial charge in [0.1, 0.15) is 0 Å². The van der Waals surface area contributed by atoms with Gasteiger partial charge in [0, 0.05) is 12.1 Å². The summed E-state index contributed by atoms with van der Waals surface area (Å²) in [6.07, 6.45) is -0.661. The van der Waals surface area contributed by atoms with Crippen molar-refractivity contribution in [2.75, 3.05) is 11.9 Å². The zero-order chi connectivity index (χ0) is 25.8. The summed E-state index contributed by atoms with van der Waals surface area (Å²) in [6, 6.07) is 20.1. The van der Waals surface area contributed by atoms with E-state index in [0.29, 0.717) is 17.7 Å². The number of nitrogens with zero attached hydrogens (tertiary/aromatic N) is 1. The molecule has 36 heavy (non-hydrogen) atoms. The molecule has 1 N–H and O–H groups in total. The minimum Gasteiger partial charge on any atom is -0.449 e. The van der Waals surface area contributed by atoms with Gasteiger partial charge in [0.2, 0.25) is 0 Å². The Morgan fingerprint density at radius 1 is 0.889 bits per heavy atom. The first kappa shape index (κ1) is 24.5. The molecule has 0 saturated carbocycles. The number of fused-ring (bicyclic) bond motifs is 1. The second-order valence-corrected chi connectivity index (χ2v) is 8.40. The van der Waals surface area contributed by atoms with Crippen LogP contribution in [-0.2, 0) is 16.0 Å².